The number of hydrogen-bond acceptors (Lipinski definition) is 4. The minimum absolute atomic E-state index is 0.0255. The van der Waals surface area contributed by atoms with Crippen LogP contribution in [0.5, 0.6) is 0 Å². The molecule has 2 atom stereocenters. The first-order valence-corrected chi connectivity index (χ1v) is 9.13. The molecule has 1 rings (SSSR count). The van der Waals surface area contributed by atoms with Crippen LogP contribution in [0.3, 0.4) is 0 Å². The molecular formula is C13H23NO2S2. The van der Waals surface area contributed by atoms with Crippen molar-refractivity contribution in [2.45, 2.75) is 46.2 Å². The summed E-state index contributed by atoms with van der Waals surface area (Å²) in [5.74, 6) is 0.183. The van der Waals surface area contributed by atoms with Crippen molar-refractivity contribution in [3.05, 3.63) is 21.4 Å². The molecule has 1 N–H and O–H groups in total. The molecule has 0 aromatic carbocycles. The summed E-state index contributed by atoms with van der Waals surface area (Å²) in [5.41, 5.74) is 1.34. The topological polar surface area (TPSA) is 46.2 Å². The fourth-order valence-corrected chi connectivity index (χ4v) is 4.26. The Morgan fingerprint density at radius 1 is 1.39 bits per heavy atom. The lowest BCUT2D eigenvalue weighted by Gasteiger charge is -2.18. The van der Waals surface area contributed by atoms with Gasteiger partial charge in [0.1, 0.15) is 9.84 Å². The van der Waals surface area contributed by atoms with E-state index >= 15 is 0 Å². The molecule has 0 aliphatic heterocycles. The zero-order chi connectivity index (χ0) is 13.9. The summed E-state index contributed by atoms with van der Waals surface area (Å²) in [5, 5.41) is 3.35. The summed E-state index contributed by atoms with van der Waals surface area (Å²) in [6, 6.07) is 2.38. The van der Waals surface area contributed by atoms with Gasteiger partial charge in [0.05, 0.1) is 5.75 Å². The number of rotatable bonds is 6. The van der Waals surface area contributed by atoms with E-state index in [1.54, 1.807) is 0 Å². The Morgan fingerprint density at radius 2 is 2.00 bits per heavy atom. The minimum Gasteiger partial charge on any atom is -0.306 e. The van der Waals surface area contributed by atoms with Gasteiger partial charge in [-0.1, -0.05) is 6.92 Å². The Kier molecular flexibility index (Phi) is 5.37. The average Bonchev–Trinajstić information content (AvgIpc) is 2.56. The third-order valence-electron chi connectivity index (χ3n) is 2.87. The predicted molar refractivity (Wildman–Crippen MR) is 79.2 cm³/mol. The van der Waals surface area contributed by atoms with E-state index in [1.807, 2.05) is 18.3 Å². The zero-order valence-electron chi connectivity index (χ0n) is 11.8. The van der Waals surface area contributed by atoms with Crippen molar-refractivity contribution in [1.82, 2.24) is 5.32 Å². The van der Waals surface area contributed by atoms with Crippen molar-refractivity contribution >= 4 is 21.2 Å². The Bertz CT molecular complexity index is 491. The third kappa shape index (κ3) is 4.71. The molecule has 18 heavy (non-hydrogen) atoms. The third-order valence-corrected chi connectivity index (χ3v) is 5.54. The molecule has 0 unspecified atom stereocenters. The molecule has 0 radical (unpaired) electrons. The molecule has 1 aromatic rings. The highest BCUT2D eigenvalue weighted by Crippen LogP contribution is 2.27. The molecule has 1 heterocycles. The molecule has 0 amide bonds. The van der Waals surface area contributed by atoms with Crippen LogP contribution in [0.1, 0.15) is 42.1 Å². The largest absolute Gasteiger partial charge is 0.306 e. The summed E-state index contributed by atoms with van der Waals surface area (Å²) in [6.07, 6.45) is 2.34. The van der Waals surface area contributed by atoms with E-state index in [2.05, 4.69) is 32.2 Å². The van der Waals surface area contributed by atoms with E-state index in [4.69, 9.17) is 0 Å². The van der Waals surface area contributed by atoms with Crippen LogP contribution in [0, 0.1) is 6.92 Å². The monoisotopic (exact) mass is 289 g/mol. The fourth-order valence-electron chi connectivity index (χ4n) is 2.12. The van der Waals surface area contributed by atoms with Crippen molar-refractivity contribution in [3.8, 4) is 0 Å². The van der Waals surface area contributed by atoms with Gasteiger partial charge in [-0.25, -0.2) is 8.42 Å². The van der Waals surface area contributed by atoms with Crippen molar-refractivity contribution in [1.29, 1.82) is 0 Å². The van der Waals surface area contributed by atoms with Gasteiger partial charge in [0.25, 0.3) is 0 Å². The first-order chi connectivity index (χ1) is 8.23. The molecule has 0 saturated heterocycles. The standard InChI is InChI=1S/C13H23NO2S2/c1-6-12-9(2)7-13(17-12)11(4)14-10(3)8-18(5,15)16/h7,10-11,14H,6,8H2,1-5H3/t10-,11-/m1/s1. The second-order valence-corrected chi connectivity index (χ2v) is 8.34. The van der Waals surface area contributed by atoms with Gasteiger partial charge in [-0.3, -0.25) is 0 Å². The lowest BCUT2D eigenvalue weighted by atomic mass is 10.2. The highest BCUT2D eigenvalue weighted by Gasteiger charge is 2.16. The van der Waals surface area contributed by atoms with E-state index in [0.717, 1.165) is 6.42 Å². The molecular weight excluding hydrogens is 266 g/mol. The highest BCUT2D eigenvalue weighted by atomic mass is 32.2. The van der Waals surface area contributed by atoms with Crippen LogP contribution in [0.2, 0.25) is 0 Å². The maximum absolute atomic E-state index is 11.2. The van der Waals surface area contributed by atoms with E-state index in [1.165, 1.54) is 21.6 Å². The normalized spacial score (nSPS) is 15.6. The van der Waals surface area contributed by atoms with Crippen molar-refractivity contribution in [2.24, 2.45) is 0 Å². The molecule has 0 saturated carbocycles. The van der Waals surface area contributed by atoms with Gasteiger partial charge >= 0.3 is 0 Å². The summed E-state index contributed by atoms with van der Waals surface area (Å²) >= 11 is 1.82. The lowest BCUT2D eigenvalue weighted by Crippen LogP contribution is -2.34. The van der Waals surface area contributed by atoms with Crippen molar-refractivity contribution in [2.75, 3.05) is 12.0 Å². The highest BCUT2D eigenvalue weighted by molar-refractivity contribution is 7.90. The van der Waals surface area contributed by atoms with Gasteiger partial charge in [-0.05, 0) is 38.8 Å². The average molecular weight is 289 g/mol. The number of nitrogens with one attached hydrogen (secondary N) is 1. The van der Waals surface area contributed by atoms with E-state index < -0.39 is 9.84 Å². The molecule has 1 aromatic heterocycles. The fraction of sp³-hybridized carbons (Fsp3) is 0.692. The SMILES string of the molecule is CCc1sc([C@@H](C)N[C@H](C)CS(C)(=O)=O)cc1C. The maximum Gasteiger partial charge on any atom is 0.148 e. The molecule has 0 aliphatic rings. The Hall–Kier alpha value is -0.390. The number of thiophene rings is 1. The van der Waals surface area contributed by atoms with E-state index in [0.29, 0.717) is 0 Å². The zero-order valence-corrected chi connectivity index (χ0v) is 13.4. The van der Waals surface area contributed by atoms with Crippen LogP contribution in [-0.2, 0) is 16.3 Å². The Morgan fingerprint density at radius 3 is 2.44 bits per heavy atom. The quantitative estimate of drug-likeness (QED) is 0.876. The van der Waals surface area contributed by atoms with Crippen LogP contribution >= 0.6 is 11.3 Å². The predicted octanol–water partition coefficient (Wildman–Crippen LogP) is 2.70. The molecule has 3 nitrogen and oxygen atoms in total. The molecule has 0 fully saturated rings. The molecule has 104 valence electrons. The van der Waals surface area contributed by atoms with Crippen LogP contribution in [-0.4, -0.2) is 26.5 Å². The van der Waals surface area contributed by atoms with Gasteiger partial charge in [-0.2, -0.15) is 0 Å². The maximum atomic E-state index is 11.2. The lowest BCUT2D eigenvalue weighted by molar-refractivity contribution is 0.505. The van der Waals surface area contributed by atoms with Gasteiger partial charge in [-0.15, -0.1) is 11.3 Å². The minimum atomic E-state index is -2.92. The second kappa shape index (κ2) is 6.17. The van der Waals surface area contributed by atoms with Crippen LogP contribution in [0.15, 0.2) is 6.07 Å². The summed E-state index contributed by atoms with van der Waals surface area (Å²) in [4.78, 5) is 2.69. The molecule has 5 heteroatoms. The van der Waals surface area contributed by atoms with Gasteiger partial charge in [0.2, 0.25) is 0 Å². The van der Waals surface area contributed by atoms with Crippen LogP contribution in [0.25, 0.3) is 0 Å². The van der Waals surface area contributed by atoms with Crippen LogP contribution in [0.4, 0.5) is 0 Å². The second-order valence-electron chi connectivity index (χ2n) is 4.99. The molecule has 0 bridgehead atoms. The van der Waals surface area contributed by atoms with E-state index in [9.17, 15) is 8.42 Å². The van der Waals surface area contributed by atoms with Gasteiger partial charge in [0, 0.05) is 28.1 Å². The number of sulfone groups is 1. The first-order valence-electron chi connectivity index (χ1n) is 6.26. The van der Waals surface area contributed by atoms with Gasteiger partial charge in [0.15, 0.2) is 0 Å². The van der Waals surface area contributed by atoms with Crippen molar-refractivity contribution < 1.29 is 8.42 Å². The van der Waals surface area contributed by atoms with E-state index in [-0.39, 0.29) is 17.8 Å². The Balaban J connectivity index is 2.67. The summed E-state index contributed by atoms with van der Waals surface area (Å²) in [7, 11) is -2.92. The number of aryl methyl sites for hydroxylation is 2. The van der Waals surface area contributed by atoms with Crippen molar-refractivity contribution in [3.63, 3.8) is 0 Å². The Labute approximate surface area is 115 Å². The molecule has 0 spiro atoms. The number of hydrogen-bond donors (Lipinski definition) is 1. The molecule has 0 aliphatic carbocycles. The smallest absolute Gasteiger partial charge is 0.148 e. The van der Waals surface area contributed by atoms with Crippen LogP contribution < -0.4 is 5.32 Å². The summed E-state index contributed by atoms with van der Waals surface area (Å²) in [6.45, 7) is 8.29. The van der Waals surface area contributed by atoms with Gasteiger partial charge < -0.3 is 5.32 Å². The summed E-state index contributed by atoms with van der Waals surface area (Å²) < 4.78 is 22.5. The first kappa shape index (κ1) is 15.7.